The summed E-state index contributed by atoms with van der Waals surface area (Å²) in [7, 11) is 2.05. The van der Waals surface area contributed by atoms with Gasteiger partial charge in [-0.1, -0.05) is 6.92 Å². The van der Waals surface area contributed by atoms with E-state index in [0.717, 1.165) is 38.1 Å². The molecule has 1 aromatic carbocycles. The molecule has 1 heterocycles. The number of ether oxygens (including phenoxy) is 1. The van der Waals surface area contributed by atoms with Gasteiger partial charge in [-0.15, -0.1) is 0 Å². The van der Waals surface area contributed by atoms with Gasteiger partial charge in [0.2, 0.25) is 0 Å². The molecule has 0 aliphatic carbocycles. The molecule has 0 radical (unpaired) electrons. The van der Waals surface area contributed by atoms with Crippen LogP contribution in [0.4, 0.5) is 17.6 Å². The van der Waals surface area contributed by atoms with Gasteiger partial charge in [-0.25, -0.2) is 0 Å². The standard InChI is InChI=1S/C13H16F3NO.C3H7F/c1-17-8-6-12(7-9-17)18-11-4-2-10(3-5-11)13(14,15)16;1-2-3-4/h2-5,12H,6-9H2,1H3;2-3H2,1H3. The van der Waals surface area contributed by atoms with Crippen molar-refractivity contribution in [1.82, 2.24) is 4.90 Å². The SMILES string of the molecule is CCCF.CN1CCC(Oc2ccc(C(F)(F)F)cc2)CC1. The van der Waals surface area contributed by atoms with Gasteiger partial charge in [0.1, 0.15) is 11.9 Å². The number of alkyl halides is 4. The zero-order valence-corrected chi connectivity index (χ0v) is 13.0. The summed E-state index contributed by atoms with van der Waals surface area (Å²) in [5, 5.41) is 0. The van der Waals surface area contributed by atoms with Crippen LogP contribution in [-0.4, -0.2) is 37.8 Å². The Balaban J connectivity index is 0.000000541. The van der Waals surface area contributed by atoms with Crippen molar-refractivity contribution < 1.29 is 22.3 Å². The maximum absolute atomic E-state index is 12.4. The normalized spacial score (nSPS) is 16.8. The Morgan fingerprint density at radius 2 is 1.64 bits per heavy atom. The monoisotopic (exact) mass is 321 g/mol. The molecule has 1 aromatic rings. The Morgan fingerprint density at radius 3 is 2.05 bits per heavy atom. The van der Waals surface area contributed by atoms with Gasteiger partial charge in [0.05, 0.1) is 12.2 Å². The molecule has 1 fully saturated rings. The number of piperidine rings is 1. The molecule has 0 unspecified atom stereocenters. The summed E-state index contributed by atoms with van der Waals surface area (Å²) in [5.41, 5.74) is -0.641. The fourth-order valence-electron chi connectivity index (χ4n) is 2.02. The highest BCUT2D eigenvalue weighted by atomic mass is 19.4. The van der Waals surface area contributed by atoms with Crippen LogP contribution in [0.25, 0.3) is 0 Å². The Hall–Kier alpha value is -1.30. The summed E-state index contributed by atoms with van der Waals surface area (Å²) in [4.78, 5) is 2.21. The molecule has 6 heteroatoms. The molecule has 0 atom stereocenters. The van der Waals surface area contributed by atoms with Crippen LogP contribution in [0, 0.1) is 0 Å². The lowest BCUT2D eigenvalue weighted by Gasteiger charge is -2.29. The van der Waals surface area contributed by atoms with Crippen molar-refractivity contribution in [1.29, 1.82) is 0 Å². The van der Waals surface area contributed by atoms with Crippen LogP contribution in [0.5, 0.6) is 5.75 Å². The van der Waals surface area contributed by atoms with E-state index in [1.807, 2.05) is 7.05 Å². The zero-order valence-electron chi connectivity index (χ0n) is 13.0. The van der Waals surface area contributed by atoms with Crippen molar-refractivity contribution in [3.05, 3.63) is 29.8 Å². The molecule has 126 valence electrons. The second-order valence-corrected chi connectivity index (χ2v) is 5.33. The van der Waals surface area contributed by atoms with E-state index >= 15 is 0 Å². The minimum atomic E-state index is -4.29. The van der Waals surface area contributed by atoms with Crippen LogP contribution < -0.4 is 4.74 Å². The lowest BCUT2D eigenvalue weighted by molar-refractivity contribution is -0.137. The molecule has 2 nitrogen and oxygen atoms in total. The van der Waals surface area contributed by atoms with Crippen molar-refractivity contribution in [2.45, 2.75) is 38.5 Å². The van der Waals surface area contributed by atoms with Crippen molar-refractivity contribution in [2.75, 3.05) is 26.8 Å². The Morgan fingerprint density at radius 1 is 1.14 bits per heavy atom. The molecule has 0 aromatic heterocycles. The van der Waals surface area contributed by atoms with Gasteiger partial charge < -0.3 is 9.64 Å². The second-order valence-electron chi connectivity index (χ2n) is 5.33. The third kappa shape index (κ3) is 6.64. The predicted molar refractivity (Wildman–Crippen MR) is 78.9 cm³/mol. The molecule has 0 amide bonds. The first kappa shape index (κ1) is 18.7. The van der Waals surface area contributed by atoms with Gasteiger partial charge in [0.15, 0.2) is 0 Å². The number of hydrogen-bond acceptors (Lipinski definition) is 2. The van der Waals surface area contributed by atoms with E-state index in [4.69, 9.17) is 4.74 Å². The summed E-state index contributed by atoms with van der Waals surface area (Å²) >= 11 is 0. The van der Waals surface area contributed by atoms with Crippen LogP contribution in [0.15, 0.2) is 24.3 Å². The lowest BCUT2D eigenvalue weighted by Crippen LogP contribution is -2.35. The van der Waals surface area contributed by atoms with Crippen molar-refractivity contribution >= 4 is 0 Å². The first-order valence-corrected chi connectivity index (χ1v) is 7.45. The minimum absolute atomic E-state index is 0.109. The van der Waals surface area contributed by atoms with E-state index < -0.39 is 11.7 Å². The van der Waals surface area contributed by atoms with E-state index in [9.17, 15) is 17.6 Å². The number of nitrogens with zero attached hydrogens (tertiary/aromatic N) is 1. The molecule has 1 saturated heterocycles. The summed E-state index contributed by atoms with van der Waals surface area (Å²) in [6.07, 6.45) is -1.70. The maximum atomic E-state index is 12.4. The molecule has 1 aliphatic heterocycles. The molecular weight excluding hydrogens is 298 g/mol. The Bertz CT molecular complexity index is 409. The molecule has 22 heavy (non-hydrogen) atoms. The molecule has 0 N–H and O–H groups in total. The summed E-state index contributed by atoms with van der Waals surface area (Å²) in [6.45, 7) is 3.55. The summed E-state index contributed by atoms with van der Waals surface area (Å²) in [5.74, 6) is 0.512. The number of halogens is 4. The largest absolute Gasteiger partial charge is 0.490 e. The van der Waals surface area contributed by atoms with Crippen LogP contribution in [-0.2, 0) is 6.18 Å². The fourth-order valence-corrected chi connectivity index (χ4v) is 2.02. The van der Waals surface area contributed by atoms with E-state index in [1.165, 1.54) is 12.1 Å². The van der Waals surface area contributed by atoms with Gasteiger partial charge >= 0.3 is 6.18 Å². The van der Waals surface area contributed by atoms with Crippen LogP contribution >= 0.6 is 0 Å². The number of likely N-dealkylation sites (tertiary alicyclic amines) is 1. The van der Waals surface area contributed by atoms with Gasteiger partial charge in [0.25, 0.3) is 0 Å². The molecule has 1 aliphatic rings. The molecule has 2 rings (SSSR count). The predicted octanol–water partition coefficient (Wildman–Crippen LogP) is 4.54. The zero-order chi connectivity index (χ0) is 16.6. The lowest BCUT2D eigenvalue weighted by atomic mass is 10.1. The maximum Gasteiger partial charge on any atom is 0.416 e. The quantitative estimate of drug-likeness (QED) is 0.758. The highest BCUT2D eigenvalue weighted by Crippen LogP contribution is 2.30. The Labute approximate surface area is 129 Å². The number of hydrogen-bond donors (Lipinski definition) is 0. The van der Waals surface area contributed by atoms with E-state index in [1.54, 1.807) is 6.92 Å². The topological polar surface area (TPSA) is 12.5 Å². The third-order valence-electron chi connectivity index (χ3n) is 3.34. The highest BCUT2D eigenvalue weighted by molar-refractivity contribution is 5.29. The van der Waals surface area contributed by atoms with Gasteiger partial charge in [-0.3, -0.25) is 4.39 Å². The first-order valence-electron chi connectivity index (χ1n) is 7.45. The van der Waals surface area contributed by atoms with E-state index in [0.29, 0.717) is 12.2 Å². The Kier molecular flexibility index (Phi) is 7.65. The first-order chi connectivity index (χ1) is 10.4. The van der Waals surface area contributed by atoms with Crippen LogP contribution in [0.1, 0.15) is 31.7 Å². The molecule has 0 spiro atoms. The molecule has 0 bridgehead atoms. The highest BCUT2D eigenvalue weighted by Gasteiger charge is 2.30. The van der Waals surface area contributed by atoms with Gasteiger partial charge in [0, 0.05) is 13.1 Å². The van der Waals surface area contributed by atoms with E-state index in [-0.39, 0.29) is 12.8 Å². The number of rotatable bonds is 3. The number of benzene rings is 1. The van der Waals surface area contributed by atoms with Crippen LogP contribution in [0.3, 0.4) is 0 Å². The average Bonchev–Trinajstić information content (AvgIpc) is 2.49. The van der Waals surface area contributed by atoms with Crippen molar-refractivity contribution in [3.8, 4) is 5.75 Å². The van der Waals surface area contributed by atoms with Crippen molar-refractivity contribution in [3.63, 3.8) is 0 Å². The average molecular weight is 321 g/mol. The third-order valence-corrected chi connectivity index (χ3v) is 3.34. The minimum Gasteiger partial charge on any atom is -0.490 e. The van der Waals surface area contributed by atoms with Gasteiger partial charge in [-0.05, 0) is 50.6 Å². The second kappa shape index (κ2) is 8.98. The van der Waals surface area contributed by atoms with Gasteiger partial charge in [-0.2, -0.15) is 13.2 Å². The van der Waals surface area contributed by atoms with E-state index in [2.05, 4.69) is 4.90 Å². The summed E-state index contributed by atoms with van der Waals surface area (Å²) < 4.78 is 53.5. The molecular formula is C16H23F4NO. The van der Waals surface area contributed by atoms with Crippen molar-refractivity contribution in [2.24, 2.45) is 0 Å². The fraction of sp³-hybridized carbons (Fsp3) is 0.625. The smallest absolute Gasteiger partial charge is 0.416 e. The summed E-state index contributed by atoms with van der Waals surface area (Å²) in [6, 6.07) is 4.90. The van der Waals surface area contributed by atoms with Crippen LogP contribution in [0.2, 0.25) is 0 Å². The molecule has 0 saturated carbocycles.